The zero-order valence-electron chi connectivity index (χ0n) is 22.0. The lowest BCUT2D eigenvalue weighted by Gasteiger charge is -2.54. The highest BCUT2D eigenvalue weighted by Crippen LogP contribution is 2.57. The SMILES string of the molecule is CCCSC[C@@H]1c2cccc(O)c2C(O)=C2C(=O)[C@]3(O)C(O)=C(C(N)=O)C(=O)[C@H](N(C)C)[C@@H]3[C@H](OC(C)=O)[C@H]21. The van der Waals surface area contributed by atoms with Crippen LogP contribution < -0.4 is 5.73 Å². The van der Waals surface area contributed by atoms with Crippen molar-refractivity contribution in [2.24, 2.45) is 17.6 Å². The smallest absolute Gasteiger partial charge is 0.302 e. The molecule has 12 heteroatoms. The molecule has 6 N–H and O–H groups in total. The van der Waals surface area contributed by atoms with E-state index in [4.69, 9.17) is 10.5 Å². The zero-order chi connectivity index (χ0) is 29.0. The number of aliphatic hydroxyl groups excluding tert-OH is 2. The molecular weight excluding hydrogens is 528 g/mol. The van der Waals surface area contributed by atoms with E-state index in [0.717, 1.165) is 19.1 Å². The molecule has 0 heterocycles. The highest BCUT2D eigenvalue weighted by molar-refractivity contribution is 7.99. The first kappa shape index (κ1) is 28.7. The van der Waals surface area contributed by atoms with Crippen molar-refractivity contribution in [3.8, 4) is 5.75 Å². The number of phenolic OH excluding ortho intramolecular Hbond substituents is 1. The summed E-state index contributed by atoms with van der Waals surface area (Å²) in [5.74, 6) is -8.54. The monoisotopic (exact) mass is 560 g/mol. The number of fused-ring (bicyclic) bond motifs is 3. The van der Waals surface area contributed by atoms with Crippen LogP contribution in [0.3, 0.4) is 0 Å². The van der Waals surface area contributed by atoms with Gasteiger partial charge in [-0.15, -0.1) is 0 Å². The first-order chi connectivity index (χ1) is 18.3. The van der Waals surface area contributed by atoms with Crippen molar-refractivity contribution < 1.29 is 44.3 Å². The molecule has 0 aromatic heterocycles. The second kappa shape index (κ2) is 10.3. The number of hydrogen-bond acceptors (Lipinski definition) is 11. The summed E-state index contributed by atoms with van der Waals surface area (Å²) in [7, 11) is 2.95. The van der Waals surface area contributed by atoms with Crippen molar-refractivity contribution in [2.45, 2.75) is 43.9 Å². The lowest BCUT2D eigenvalue weighted by Crippen LogP contribution is -2.71. The summed E-state index contributed by atoms with van der Waals surface area (Å²) in [5.41, 5.74) is 1.59. The quantitative estimate of drug-likeness (QED) is 0.183. The fourth-order valence-corrected chi connectivity index (χ4v) is 7.35. The Hall–Kier alpha value is -3.35. The number of esters is 1. The van der Waals surface area contributed by atoms with Crippen LogP contribution in [0.1, 0.15) is 37.3 Å². The van der Waals surface area contributed by atoms with Crippen molar-refractivity contribution in [2.75, 3.05) is 25.6 Å². The second-order valence-corrected chi connectivity index (χ2v) is 11.4. The van der Waals surface area contributed by atoms with Crippen LogP contribution in [0.25, 0.3) is 5.76 Å². The summed E-state index contributed by atoms with van der Waals surface area (Å²) in [6.07, 6.45) is -0.554. The predicted octanol–water partition coefficient (Wildman–Crippen LogP) is 1.19. The summed E-state index contributed by atoms with van der Waals surface area (Å²) in [6.45, 7) is 3.12. The molecule has 0 aliphatic heterocycles. The van der Waals surface area contributed by atoms with Crippen LogP contribution in [0.5, 0.6) is 5.75 Å². The van der Waals surface area contributed by atoms with Crippen LogP contribution in [-0.4, -0.2) is 92.1 Å². The van der Waals surface area contributed by atoms with E-state index in [2.05, 4.69) is 0 Å². The van der Waals surface area contributed by atoms with Gasteiger partial charge in [-0.25, -0.2) is 0 Å². The molecule has 1 saturated carbocycles. The number of primary amides is 1. The number of nitrogens with two attached hydrogens (primary N) is 1. The molecule has 1 fully saturated rings. The Kier molecular flexibility index (Phi) is 7.58. The number of carbonyl (C=O) groups is 4. The molecular formula is C27H32N2O9S. The van der Waals surface area contributed by atoms with E-state index in [1.54, 1.807) is 23.9 Å². The van der Waals surface area contributed by atoms with Crippen molar-refractivity contribution in [3.05, 3.63) is 46.2 Å². The molecule has 11 nitrogen and oxygen atoms in total. The minimum absolute atomic E-state index is 0.0162. The number of ketones is 2. The van der Waals surface area contributed by atoms with Crippen molar-refractivity contribution in [1.82, 2.24) is 4.90 Å². The molecule has 1 amide bonds. The Morgan fingerprint density at radius 3 is 2.41 bits per heavy atom. The van der Waals surface area contributed by atoms with Crippen molar-refractivity contribution in [3.63, 3.8) is 0 Å². The van der Waals surface area contributed by atoms with Gasteiger partial charge in [0.05, 0.1) is 17.5 Å². The molecule has 4 rings (SSSR count). The lowest BCUT2D eigenvalue weighted by molar-refractivity contribution is -0.184. The average molecular weight is 561 g/mol. The van der Waals surface area contributed by atoms with E-state index in [1.807, 2.05) is 6.92 Å². The molecule has 1 aromatic rings. The summed E-state index contributed by atoms with van der Waals surface area (Å²) >= 11 is 1.55. The number of amides is 1. The molecule has 3 aliphatic carbocycles. The third kappa shape index (κ3) is 4.21. The first-order valence-electron chi connectivity index (χ1n) is 12.5. The minimum Gasteiger partial charge on any atom is -0.508 e. The number of likely N-dealkylation sites (N-methyl/N-ethyl adjacent to an activating group) is 1. The fourth-order valence-electron chi connectivity index (χ4n) is 6.25. The Balaban J connectivity index is 2.10. The van der Waals surface area contributed by atoms with Gasteiger partial charge in [0.15, 0.2) is 11.4 Å². The summed E-state index contributed by atoms with van der Waals surface area (Å²) in [4.78, 5) is 53.8. The molecule has 0 spiro atoms. The summed E-state index contributed by atoms with van der Waals surface area (Å²) < 4.78 is 5.75. The molecule has 0 saturated heterocycles. The number of rotatable bonds is 7. The number of aromatic hydroxyl groups is 1. The number of nitrogens with zero attached hydrogens (tertiary/aromatic N) is 1. The van der Waals surface area contributed by atoms with Gasteiger partial charge in [0.25, 0.3) is 5.91 Å². The molecule has 1 aromatic carbocycles. The van der Waals surface area contributed by atoms with Crippen LogP contribution in [-0.2, 0) is 23.9 Å². The molecule has 3 aliphatic rings. The molecule has 0 radical (unpaired) electrons. The molecule has 6 atom stereocenters. The standard InChI is InChI=1S/C27H32N2O9S/c1-5-9-39-10-13-12-7-6-8-14(31)15(12)21(32)17-16(13)23(38-11(2)30)19-20(29(3)4)22(33)18(26(28)36)25(35)27(19,37)24(17)34/h6-8,13,16,19-20,23,31-32,35,37H,5,9-10H2,1-4H3,(H2,28,36)/t13-,16+,19-,20-,23-,27+/m1/s1. The largest absolute Gasteiger partial charge is 0.508 e. The number of aliphatic hydroxyl groups is 3. The van der Waals surface area contributed by atoms with E-state index in [-0.39, 0.29) is 16.9 Å². The zero-order valence-corrected chi connectivity index (χ0v) is 22.8. The van der Waals surface area contributed by atoms with Gasteiger partial charge in [-0.3, -0.25) is 24.1 Å². The van der Waals surface area contributed by atoms with Crippen LogP contribution in [0.2, 0.25) is 0 Å². The normalized spacial score (nSPS) is 30.2. The number of phenols is 1. The average Bonchev–Trinajstić information content (AvgIpc) is 2.84. The van der Waals surface area contributed by atoms with Gasteiger partial charge in [0.1, 0.15) is 28.9 Å². The third-order valence-electron chi connectivity index (χ3n) is 7.72. The lowest BCUT2D eigenvalue weighted by atomic mass is 9.54. The summed E-state index contributed by atoms with van der Waals surface area (Å²) in [6, 6.07) is 3.21. The number of thioether (sulfide) groups is 1. The predicted molar refractivity (Wildman–Crippen MR) is 142 cm³/mol. The molecule has 0 unspecified atom stereocenters. The minimum atomic E-state index is -2.95. The summed E-state index contributed by atoms with van der Waals surface area (Å²) in [5, 5.41) is 45.2. The maximum Gasteiger partial charge on any atom is 0.302 e. The topological polar surface area (TPSA) is 188 Å². The van der Waals surface area contributed by atoms with Gasteiger partial charge in [-0.1, -0.05) is 19.1 Å². The second-order valence-electron chi connectivity index (χ2n) is 10.3. The Morgan fingerprint density at radius 2 is 1.85 bits per heavy atom. The van der Waals surface area contributed by atoms with E-state index >= 15 is 0 Å². The molecule has 0 bridgehead atoms. The molecule has 39 heavy (non-hydrogen) atoms. The highest BCUT2D eigenvalue weighted by atomic mass is 32.2. The van der Waals surface area contributed by atoms with E-state index in [1.165, 1.54) is 25.1 Å². The van der Waals surface area contributed by atoms with E-state index < -0.39 is 76.0 Å². The van der Waals surface area contributed by atoms with Crippen LogP contribution in [0.15, 0.2) is 35.1 Å². The van der Waals surface area contributed by atoms with Gasteiger partial charge >= 0.3 is 5.97 Å². The Bertz CT molecular complexity index is 1320. The van der Waals surface area contributed by atoms with Crippen LogP contribution in [0, 0.1) is 11.8 Å². The number of carbonyl (C=O) groups excluding carboxylic acids is 4. The van der Waals surface area contributed by atoms with Crippen molar-refractivity contribution in [1.29, 1.82) is 0 Å². The number of benzene rings is 1. The first-order valence-corrected chi connectivity index (χ1v) is 13.7. The van der Waals surface area contributed by atoms with E-state index in [0.29, 0.717) is 11.3 Å². The van der Waals surface area contributed by atoms with Gasteiger partial charge < -0.3 is 30.9 Å². The number of ether oxygens (including phenoxy) is 1. The fraction of sp³-hybridized carbons (Fsp3) is 0.481. The molecule has 210 valence electrons. The van der Waals surface area contributed by atoms with Gasteiger partial charge in [-0.05, 0) is 37.9 Å². The maximum absolute atomic E-state index is 14.2. The van der Waals surface area contributed by atoms with Gasteiger partial charge in [-0.2, -0.15) is 11.8 Å². The highest BCUT2D eigenvalue weighted by Gasteiger charge is 2.69. The maximum atomic E-state index is 14.2. The van der Waals surface area contributed by atoms with Crippen LogP contribution in [0.4, 0.5) is 0 Å². The number of hydrogen-bond donors (Lipinski definition) is 5. The van der Waals surface area contributed by atoms with E-state index in [9.17, 15) is 39.6 Å². The van der Waals surface area contributed by atoms with Gasteiger partial charge in [0.2, 0.25) is 5.78 Å². The Labute approximate surface area is 229 Å². The van der Waals surface area contributed by atoms with Crippen LogP contribution >= 0.6 is 11.8 Å². The van der Waals surface area contributed by atoms with Crippen molar-refractivity contribution >= 4 is 41.0 Å². The Morgan fingerprint density at radius 1 is 1.18 bits per heavy atom. The van der Waals surface area contributed by atoms with Gasteiger partial charge in [0, 0.05) is 30.1 Å². The third-order valence-corrected chi connectivity index (χ3v) is 9.01. The number of Topliss-reactive ketones (excluding diaryl/α,β-unsaturated/α-hetero) is 2.